The van der Waals surface area contributed by atoms with Crippen LogP contribution in [-0.4, -0.2) is 14.6 Å². The lowest BCUT2D eigenvalue weighted by Crippen LogP contribution is -1.97. The van der Waals surface area contributed by atoms with Crippen molar-refractivity contribution in [2.24, 2.45) is 0 Å². The van der Waals surface area contributed by atoms with E-state index < -0.39 is 0 Å². The van der Waals surface area contributed by atoms with Crippen LogP contribution in [0.15, 0.2) is 12.3 Å². The van der Waals surface area contributed by atoms with E-state index >= 15 is 0 Å². The van der Waals surface area contributed by atoms with Gasteiger partial charge >= 0.3 is 0 Å². The molecular weight excluding hydrogens is 174 g/mol. The average molecular weight is 189 g/mol. The SMILES string of the molecule is CCc1nc(CC)n2nccc(C)c12. The number of aryl methyl sites for hydroxylation is 3. The van der Waals surface area contributed by atoms with Gasteiger partial charge in [0, 0.05) is 12.6 Å². The molecule has 0 aliphatic heterocycles. The molecule has 0 aromatic carbocycles. The van der Waals surface area contributed by atoms with E-state index in [1.165, 1.54) is 11.1 Å². The Bertz CT molecular complexity index is 457. The summed E-state index contributed by atoms with van der Waals surface area (Å²) in [5.41, 5.74) is 3.60. The van der Waals surface area contributed by atoms with Gasteiger partial charge in [-0.2, -0.15) is 5.10 Å². The largest absolute Gasteiger partial charge is 0.236 e. The van der Waals surface area contributed by atoms with Gasteiger partial charge in [-0.15, -0.1) is 0 Å². The van der Waals surface area contributed by atoms with Crippen molar-refractivity contribution in [1.82, 2.24) is 14.6 Å². The maximum absolute atomic E-state index is 4.59. The van der Waals surface area contributed by atoms with Gasteiger partial charge in [0.25, 0.3) is 0 Å². The van der Waals surface area contributed by atoms with E-state index in [4.69, 9.17) is 0 Å². The van der Waals surface area contributed by atoms with E-state index in [1.807, 2.05) is 16.8 Å². The number of aromatic nitrogens is 3. The van der Waals surface area contributed by atoms with Crippen LogP contribution in [0.2, 0.25) is 0 Å². The Kier molecular flexibility index (Phi) is 2.23. The van der Waals surface area contributed by atoms with Gasteiger partial charge in [0.05, 0.1) is 11.2 Å². The van der Waals surface area contributed by atoms with Crippen molar-refractivity contribution >= 4 is 5.52 Å². The van der Waals surface area contributed by atoms with Gasteiger partial charge in [-0.25, -0.2) is 9.50 Å². The third kappa shape index (κ3) is 1.20. The molecule has 2 heterocycles. The summed E-state index contributed by atoms with van der Waals surface area (Å²) in [6, 6.07) is 2.04. The van der Waals surface area contributed by atoms with Crippen LogP contribution in [-0.2, 0) is 12.8 Å². The lowest BCUT2D eigenvalue weighted by atomic mass is 10.2. The van der Waals surface area contributed by atoms with Gasteiger partial charge in [0.15, 0.2) is 0 Å². The smallest absolute Gasteiger partial charge is 0.130 e. The molecule has 2 aromatic rings. The fourth-order valence-corrected chi connectivity index (χ4v) is 1.79. The third-order valence-corrected chi connectivity index (χ3v) is 2.52. The quantitative estimate of drug-likeness (QED) is 0.724. The second-order valence-corrected chi connectivity index (χ2v) is 3.46. The first-order valence-electron chi connectivity index (χ1n) is 5.10. The molecule has 2 rings (SSSR count). The highest BCUT2D eigenvalue weighted by Crippen LogP contribution is 2.16. The molecule has 2 aromatic heterocycles. The molecule has 0 saturated heterocycles. The molecule has 0 amide bonds. The zero-order valence-electron chi connectivity index (χ0n) is 8.91. The summed E-state index contributed by atoms with van der Waals surface area (Å²) >= 11 is 0. The molecule has 74 valence electrons. The number of rotatable bonds is 2. The summed E-state index contributed by atoms with van der Waals surface area (Å²) in [4.78, 5) is 4.59. The van der Waals surface area contributed by atoms with Crippen molar-refractivity contribution in [3.63, 3.8) is 0 Å². The minimum atomic E-state index is 0.928. The fourth-order valence-electron chi connectivity index (χ4n) is 1.79. The Labute approximate surface area is 83.8 Å². The van der Waals surface area contributed by atoms with Crippen LogP contribution in [0, 0.1) is 6.92 Å². The number of hydrogen-bond acceptors (Lipinski definition) is 2. The van der Waals surface area contributed by atoms with Gasteiger partial charge in [-0.3, -0.25) is 0 Å². The molecule has 3 nitrogen and oxygen atoms in total. The Morgan fingerprint density at radius 2 is 2.07 bits per heavy atom. The molecule has 0 radical (unpaired) electrons. The molecular formula is C11H15N3. The fraction of sp³-hybridized carbons (Fsp3) is 0.455. The number of fused-ring (bicyclic) bond motifs is 1. The molecule has 0 aliphatic carbocycles. The average Bonchev–Trinajstić information content (AvgIpc) is 2.57. The summed E-state index contributed by atoms with van der Waals surface area (Å²) < 4.78 is 1.97. The standard InChI is InChI=1S/C11H15N3/c1-4-9-11-8(3)6-7-12-14(11)10(5-2)13-9/h6-7H,4-5H2,1-3H3. The normalized spacial score (nSPS) is 11.1. The number of nitrogens with zero attached hydrogens (tertiary/aromatic N) is 3. The minimum Gasteiger partial charge on any atom is -0.236 e. The van der Waals surface area contributed by atoms with Crippen LogP contribution in [0.5, 0.6) is 0 Å². The van der Waals surface area contributed by atoms with Crippen LogP contribution < -0.4 is 0 Å². The van der Waals surface area contributed by atoms with Crippen LogP contribution in [0.1, 0.15) is 30.9 Å². The van der Waals surface area contributed by atoms with Crippen LogP contribution >= 0.6 is 0 Å². The second-order valence-electron chi connectivity index (χ2n) is 3.46. The molecule has 14 heavy (non-hydrogen) atoms. The van der Waals surface area contributed by atoms with Gasteiger partial charge in [0.1, 0.15) is 5.82 Å². The van der Waals surface area contributed by atoms with Crippen molar-refractivity contribution in [3.05, 3.63) is 29.3 Å². The summed E-state index contributed by atoms with van der Waals surface area (Å²) in [6.45, 7) is 6.35. The first kappa shape index (κ1) is 9.19. The summed E-state index contributed by atoms with van der Waals surface area (Å²) in [5.74, 6) is 1.06. The summed E-state index contributed by atoms with van der Waals surface area (Å²) in [6.07, 6.45) is 3.73. The van der Waals surface area contributed by atoms with Crippen molar-refractivity contribution in [2.75, 3.05) is 0 Å². The van der Waals surface area contributed by atoms with Crippen molar-refractivity contribution in [2.45, 2.75) is 33.6 Å². The molecule has 0 atom stereocenters. The molecule has 0 bridgehead atoms. The molecule has 3 heteroatoms. The third-order valence-electron chi connectivity index (χ3n) is 2.52. The zero-order chi connectivity index (χ0) is 10.1. The highest BCUT2D eigenvalue weighted by Gasteiger charge is 2.10. The van der Waals surface area contributed by atoms with Crippen LogP contribution in [0.4, 0.5) is 0 Å². The summed E-state index contributed by atoms with van der Waals surface area (Å²) in [7, 11) is 0. The highest BCUT2D eigenvalue weighted by molar-refractivity contribution is 5.58. The monoisotopic (exact) mass is 189 g/mol. The van der Waals surface area contributed by atoms with Gasteiger partial charge in [0.2, 0.25) is 0 Å². The predicted molar refractivity (Wildman–Crippen MR) is 56.5 cm³/mol. The minimum absolute atomic E-state index is 0.928. The van der Waals surface area contributed by atoms with Crippen molar-refractivity contribution in [1.29, 1.82) is 0 Å². The van der Waals surface area contributed by atoms with Crippen LogP contribution in [0.25, 0.3) is 5.52 Å². The van der Waals surface area contributed by atoms with Gasteiger partial charge in [-0.05, 0) is 25.0 Å². The zero-order valence-corrected chi connectivity index (χ0v) is 8.91. The molecule has 0 spiro atoms. The Morgan fingerprint density at radius 3 is 2.71 bits per heavy atom. The molecule has 0 unspecified atom stereocenters. The molecule has 0 fully saturated rings. The number of hydrogen-bond donors (Lipinski definition) is 0. The Balaban J connectivity index is 2.82. The van der Waals surface area contributed by atoms with Crippen LogP contribution in [0.3, 0.4) is 0 Å². The highest BCUT2D eigenvalue weighted by atomic mass is 15.3. The van der Waals surface area contributed by atoms with E-state index in [0.717, 1.165) is 24.4 Å². The van der Waals surface area contributed by atoms with Crippen molar-refractivity contribution in [3.8, 4) is 0 Å². The van der Waals surface area contributed by atoms with E-state index in [9.17, 15) is 0 Å². The van der Waals surface area contributed by atoms with E-state index in [2.05, 4.69) is 30.9 Å². The first-order valence-corrected chi connectivity index (χ1v) is 5.10. The lowest BCUT2D eigenvalue weighted by Gasteiger charge is -1.99. The molecule has 0 saturated carbocycles. The molecule has 0 N–H and O–H groups in total. The van der Waals surface area contributed by atoms with E-state index in [-0.39, 0.29) is 0 Å². The molecule has 0 aliphatic rings. The Morgan fingerprint density at radius 1 is 1.29 bits per heavy atom. The maximum atomic E-state index is 4.59. The van der Waals surface area contributed by atoms with Gasteiger partial charge < -0.3 is 0 Å². The van der Waals surface area contributed by atoms with Crippen molar-refractivity contribution < 1.29 is 0 Å². The topological polar surface area (TPSA) is 30.2 Å². The Hall–Kier alpha value is -1.38. The predicted octanol–water partition coefficient (Wildman–Crippen LogP) is 2.16. The van der Waals surface area contributed by atoms with E-state index in [0.29, 0.717) is 0 Å². The number of imidazole rings is 1. The van der Waals surface area contributed by atoms with Gasteiger partial charge in [-0.1, -0.05) is 13.8 Å². The second kappa shape index (κ2) is 3.40. The van der Waals surface area contributed by atoms with E-state index in [1.54, 1.807) is 0 Å². The maximum Gasteiger partial charge on any atom is 0.130 e. The summed E-state index contributed by atoms with van der Waals surface area (Å²) in [5, 5.41) is 4.34. The lowest BCUT2D eigenvalue weighted by molar-refractivity contribution is 0.823. The first-order chi connectivity index (χ1) is 6.77.